The van der Waals surface area contributed by atoms with E-state index in [1.54, 1.807) is 36.4 Å². The Morgan fingerprint density at radius 3 is 2.64 bits per heavy atom. The first-order valence-corrected chi connectivity index (χ1v) is 7.30. The van der Waals surface area contributed by atoms with E-state index in [9.17, 15) is 14.0 Å². The predicted molar refractivity (Wildman–Crippen MR) is 86.8 cm³/mol. The number of para-hydroxylation sites is 1. The molecule has 3 aromatic rings. The smallest absolute Gasteiger partial charge is 0.308 e. The van der Waals surface area contributed by atoms with Gasteiger partial charge in [-0.05, 0) is 29.5 Å². The van der Waals surface area contributed by atoms with Crippen LogP contribution in [0.1, 0.15) is 0 Å². The van der Waals surface area contributed by atoms with E-state index in [1.807, 2.05) is 0 Å². The minimum Gasteiger partial charge on any atom is -0.308 e. The van der Waals surface area contributed by atoms with Gasteiger partial charge in [0, 0.05) is 11.3 Å². The number of benzene rings is 2. The fraction of sp³-hybridized carbons (Fsp3) is 0.0625. The fourth-order valence-electron chi connectivity index (χ4n) is 2.03. The SMILES string of the molecule is O=C(Cn1nnc(-c2cccc(F)c2)n1)NC(=O)Nc1ccccc1. The second kappa shape index (κ2) is 7.30. The summed E-state index contributed by atoms with van der Waals surface area (Å²) in [7, 11) is 0. The second-order valence-corrected chi connectivity index (χ2v) is 5.02. The largest absolute Gasteiger partial charge is 0.325 e. The van der Waals surface area contributed by atoms with Crippen LogP contribution in [0.2, 0.25) is 0 Å². The minimum atomic E-state index is -0.665. The number of nitrogens with zero attached hydrogens (tertiary/aromatic N) is 4. The first-order chi connectivity index (χ1) is 12.1. The van der Waals surface area contributed by atoms with Crippen LogP contribution in [0.5, 0.6) is 0 Å². The molecule has 0 fully saturated rings. The van der Waals surface area contributed by atoms with Gasteiger partial charge in [0.2, 0.25) is 5.82 Å². The Balaban J connectivity index is 1.57. The molecule has 0 aliphatic rings. The second-order valence-electron chi connectivity index (χ2n) is 5.02. The molecule has 0 radical (unpaired) electrons. The minimum absolute atomic E-state index is 0.182. The highest BCUT2D eigenvalue weighted by Crippen LogP contribution is 2.14. The van der Waals surface area contributed by atoms with Crippen LogP contribution in [0, 0.1) is 5.82 Å². The number of carbonyl (C=O) groups excluding carboxylic acids is 2. The number of imide groups is 1. The molecular weight excluding hydrogens is 327 g/mol. The topological polar surface area (TPSA) is 102 Å². The van der Waals surface area contributed by atoms with Gasteiger partial charge >= 0.3 is 6.03 Å². The molecule has 3 amide bonds. The Morgan fingerprint density at radius 2 is 1.88 bits per heavy atom. The monoisotopic (exact) mass is 340 g/mol. The number of aromatic nitrogens is 4. The summed E-state index contributed by atoms with van der Waals surface area (Å²) in [5.41, 5.74) is 0.994. The summed E-state index contributed by atoms with van der Waals surface area (Å²) in [5, 5.41) is 16.1. The van der Waals surface area contributed by atoms with Crippen LogP contribution < -0.4 is 10.6 Å². The first-order valence-electron chi connectivity index (χ1n) is 7.30. The highest BCUT2D eigenvalue weighted by Gasteiger charge is 2.12. The summed E-state index contributed by atoms with van der Waals surface area (Å²) >= 11 is 0. The third kappa shape index (κ3) is 4.44. The molecule has 8 nitrogen and oxygen atoms in total. The predicted octanol–water partition coefficient (Wildman–Crippen LogP) is 1.83. The summed E-state index contributed by atoms with van der Waals surface area (Å²) in [5.74, 6) is -0.859. The maximum Gasteiger partial charge on any atom is 0.325 e. The molecular formula is C16H13FN6O2. The molecule has 2 N–H and O–H groups in total. The Labute approximate surface area is 141 Å². The third-order valence-electron chi connectivity index (χ3n) is 3.11. The molecule has 0 unspecified atom stereocenters. The lowest BCUT2D eigenvalue weighted by atomic mass is 10.2. The molecule has 0 atom stereocenters. The lowest BCUT2D eigenvalue weighted by Crippen LogP contribution is -2.37. The van der Waals surface area contributed by atoms with Crippen molar-refractivity contribution in [1.82, 2.24) is 25.5 Å². The van der Waals surface area contributed by atoms with Crippen molar-refractivity contribution in [3.8, 4) is 11.4 Å². The van der Waals surface area contributed by atoms with Gasteiger partial charge in [-0.15, -0.1) is 10.2 Å². The molecule has 25 heavy (non-hydrogen) atoms. The van der Waals surface area contributed by atoms with Crippen molar-refractivity contribution in [3.63, 3.8) is 0 Å². The summed E-state index contributed by atoms with van der Waals surface area (Å²) < 4.78 is 13.2. The van der Waals surface area contributed by atoms with Crippen LogP contribution in [0.15, 0.2) is 54.6 Å². The number of nitrogens with one attached hydrogen (secondary N) is 2. The van der Waals surface area contributed by atoms with Crippen molar-refractivity contribution in [1.29, 1.82) is 0 Å². The van der Waals surface area contributed by atoms with E-state index in [2.05, 4.69) is 26.0 Å². The van der Waals surface area contributed by atoms with Gasteiger partial charge in [0.15, 0.2) is 0 Å². The molecule has 9 heteroatoms. The molecule has 3 rings (SSSR count). The highest BCUT2D eigenvalue weighted by molar-refractivity contribution is 6.00. The van der Waals surface area contributed by atoms with Crippen molar-refractivity contribution < 1.29 is 14.0 Å². The van der Waals surface area contributed by atoms with Crippen molar-refractivity contribution in [2.24, 2.45) is 0 Å². The van der Waals surface area contributed by atoms with Crippen molar-refractivity contribution >= 4 is 17.6 Å². The standard InChI is InChI=1S/C16H13FN6O2/c17-12-6-4-5-11(9-12)15-20-22-23(21-15)10-14(24)19-16(25)18-13-7-2-1-3-8-13/h1-9H,10H2,(H2,18,19,24,25). The number of hydrogen-bond donors (Lipinski definition) is 2. The number of halogens is 1. The number of anilines is 1. The van der Waals surface area contributed by atoms with Crippen molar-refractivity contribution in [2.75, 3.05) is 5.32 Å². The van der Waals surface area contributed by atoms with Gasteiger partial charge in [0.1, 0.15) is 12.4 Å². The van der Waals surface area contributed by atoms with Crippen LogP contribution >= 0.6 is 0 Å². The lowest BCUT2D eigenvalue weighted by Gasteiger charge is -2.05. The zero-order chi connectivity index (χ0) is 17.6. The van der Waals surface area contributed by atoms with Crippen molar-refractivity contribution in [3.05, 3.63) is 60.4 Å². The summed E-state index contributed by atoms with van der Waals surface area (Å²) in [6.45, 7) is -0.301. The Hall–Kier alpha value is -3.62. The number of hydrogen-bond acceptors (Lipinski definition) is 5. The van der Waals surface area contributed by atoms with Crippen LogP contribution in [-0.2, 0) is 11.3 Å². The summed E-state index contributed by atoms with van der Waals surface area (Å²) in [6.07, 6.45) is 0. The molecule has 0 aliphatic heterocycles. The molecule has 0 bridgehead atoms. The van der Waals surface area contributed by atoms with Crippen LogP contribution in [0.4, 0.5) is 14.9 Å². The number of tetrazole rings is 1. The molecule has 0 saturated heterocycles. The molecule has 2 aromatic carbocycles. The van der Waals surface area contributed by atoms with Crippen LogP contribution in [0.25, 0.3) is 11.4 Å². The molecule has 1 heterocycles. The highest BCUT2D eigenvalue weighted by atomic mass is 19.1. The summed E-state index contributed by atoms with van der Waals surface area (Å²) in [4.78, 5) is 24.6. The van der Waals surface area contributed by atoms with Gasteiger partial charge in [-0.2, -0.15) is 4.80 Å². The zero-order valence-corrected chi connectivity index (χ0v) is 12.9. The first kappa shape index (κ1) is 16.2. The lowest BCUT2D eigenvalue weighted by molar-refractivity contribution is -0.120. The van der Waals surface area contributed by atoms with Gasteiger partial charge in [-0.3, -0.25) is 10.1 Å². The maximum atomic E-state index is 13.2. The van der Waals surface area contributed by atoms with E-state index in [-0.39, 0.29) is 12.4 Å². The van der Waals surface area contributed by atoms with Gasteiger partial charge in [0.25, 0.3) is 5.91 Å². The van der Waals surface area contributed by atoms with E-state index >= 15 is 0 Å². The molecule has 0 spiro atoms. The normalized spacial score (nSPS) is 10.3. The average Bonchev–Trinajstić information content (AvgIpc) is 3.04. The average molecular weight is 340 g/mol. The number of carbonyl (C=O) groups is 2. The summed E-state index contributed by atoms with van der Waals surface area (Å²) in [6, 6.07) is 13.7. The molecule has 1 aromatic heterocycles. The molecule has 126 valence electrons. The van der Waals surface area contributed by atoms with Gasteiger partial charge in [-0.25, -0.2) is 9.18 Å². The number of amides is 3. The van der Waals surface area contributed by atoms with Crippen LogP contribution in [0.3, 0.4) is 0 Å². The third-order valence-corrected chi connectivity index (χ3v) is 3.11. The Kier molecular flexibility index (Phi) is 4.74. The Bertz CT molecular complexity index is 896. The maximum absolute atomic E-state index is 13.2. The van der Waals surface area contributed by atoms with E-state index in [1.165, 1.54) is 18.2 Å². The van der Waals surface area contributed by atoms with E-state index in [4.69, 9.17) is 0 Å². The van der Waals surface area contributed by atoms with E-state index in [0.717, 1.165) is 4.80 Å². The molecule has 0 saturated carbocycles. The number of urea groups is 1. The van der Waals surface area contributed by atoms with Crippen molar-refractivity contribution in [2.45, 2.75) is 6.54 Å². The van der Waals surface area contributed by atoms with Crippen LogP contribution in [-0.4, -0.2) is 32.1 Å². The quantitative estimate of drug-likeness (QED) is 0.754. The molecule has 0 aliphatic carbocycles. The van der Waals surface area contributed by atoms with Gasteiger partial charge in [0.05, 0.1) is 0 Å². The number of rotatable bonds is 4. The van der Waals surface area contributed by atoms with Gasteiger partial charge < -0.3 is 5.32 Å². The Morgan fingerprint density at radius 1 is 1.08 bits per heavy atom. The van der Waals surface area contributed by atoms with Gasteiger partial charge in [-0.1, -0.05) is 30.3 Å². The fourth-order valence-corrected chi connectivity index (χ4v) is 2.03. The zero-order valence-electron chi connectivity index (χ0n) is 12.9. The van der Waals surface area contributed by atoms with E-state index in [0.29, 0.717) is 11.3 Å². The van der Waals surface area contributed by atoms with E-state index < -0.39 is 17.8 Å².